The summed E-state index contributed by atoms with van der Waals surface area (Å²) in [6.07, 6.45) is 3.74. The minimum Gasteiger partial charge on any atom is -0.387 e. The molecule has 1 saturated carbocycles. The van der Waals surface area contributed by atoms with Crippen molar-refractivity contribution in [2.45, 2.75) is 50.8 Å². The molecule has 194 valence electrons. The van der Waals surface area contributed by atoms with Crippen LogP contribution in [0, 0.1) is 17.6 Å². The number of nitrogens with zero attached hydrogens (tertiary/aromatic N) is 4. The molecule has 3 aromatic rings. The average molecular weight is 531 g/mol. The number of rotatable bonds is 6. The standard InChI is InChI=1S/C25H25ClF2N6O3/c1-13(35)19-7-16(18(28)11-30-19)20-8-21(33-32-20)24(37)34-5-2-14(9-25(34)3-4-25)23(36)31-12-22-17(26)6-15(27)10-29-22/h6-8,10-11,13-14,35H,2-5,9,12H2,1H3,(H,31,36)(H,32,33)/t13?,14-/m1/s1. The summed E-state index contributed by atoms with van der Waals surface area (Å²) in [4.78, 5) is 35.8. The number of aromatic nitrogens is 4. The lowest BCUT2D eigenvalue weighted by molar-refractivity contribution is -0.127. The van der Waals surface area contributed by atoms with E-state index < -0.39 is 23.3 Å². The number of aromatic amines is 1. The number of aliphatic hydroxyl groups is 1. The fourth-order valence-electron chi connectivity index (χ4n) is 4.84. The zero-order valence-electron chi connectivity index (χ0n) is 20.0. The van der Waals surface area contributed by atoms with Crippen molar-refractivity contribution < 1.29 is 23.5 Å². The Hall–Kier alpha value is -3.44. The Morgan fingerprint density at radius 2 is 2.05 bits per heavy atom. The third kappa shape index (κ3) is 5.05. The van der Waals surface area contributed by atoms with Gasteiger partial charge in [-0.05, 0) is 50.8 Å². The number of nitrogens with one attached hydrogen (secondary N) is 2. The Kier molecular flexibility index (Phi) is 6.67. The van der Waals surface area contributed by atoms with E-state index in [1.54, 1.807) is 4.90 Å². The van der Waals surface area contributed by atoms with Crippen molar-refractivity contribution >= 4 is 23.4 Å². The van der Waals surface area contributed by atoms with Gasteiger partial charge in [-0.25, -0.2) is 8.78 Å². The minimum atomic E-state index is -0.875. The van der Waals surface area contributed by atoms with Crippen LogP contribution in [0.3, 0.4) is 0 Å². The number of hydrogen-bond acceptors (Lipinski definition) is 6. The van der Waals surface area contributed by atoms with Crippen molar-refractivity contribution in [3.05, 3.63) is 64.3 Å². The van der Waals surface area contributed by atoms with Crippen LogP contribution in [0.5, 0.6) is 0 Å². The molecular formula is C25H25ClF2N6O3. The first-order valence-corrected chi connectivity index (χ1v) is 12.3. The number of carbonyl (C=O) groups excluding carboxylic acids is 2. The topological polar surface area (TPSA) is 124 Å². The smallest absolute Gasteiger partial charge is 0.274 e. The number of carbonyl (C=O) groups is 2. The minimum absolute atomic E-state index is 0.0858. The van der Waals surface area contributed by atoms with Crippen LogP contribution >= 0.6 is 11.6 Å². The van der Waals surface area contributed by atoms with Crippen molar-refractivity contribution in [3.63, 3.8) is 0 Å². The van der Waals surface area contributed by atoms with Gasteiger partial charge < -0.3 is 15.3 Å². The van der Waals surface area contributed by atoms with Gasteiger partial charge in [0.05, 0.1) is 47.1 Å². The van der Waals surface area contributed by atoms with E-state index in [1.807, 2.05) is 0 Å². The van der Waals surface area contributed by atoms with Gasteiger partial charge in [0.2, 0.25) is 5.91 Å². The fraction of sp³-hybridized carbons (Fsp3) is 0.400. The molecule has 1 aliphatic heterocycles. The van der Waals surface area contributed by atoms with Crippen molar-refractivity contribution in [1.82, 2.24) is 30.4 Å². The van der Waals surface area contributed by atoms with Crippen LogP contribution in [-0.2, 0) is 11.3 Å². The normalized spacial score (nSPS) is 19.1. The molecule has 2 aliphatic rings. The second kappa shape index (κ2) is 9.79. The number of amides is 2. The van der Waals surface area contributed by atoms with E-state index in [2.05, 4.69) is 25.5 Å². The molecule has 1 saturated heterocycles. The Morgan fingerprint density at radius 3 is 2.76 bits per heavy atom. The first-order valence-electron chi connectivity index (χ1n) is 12.0. The van der Waals surface area contributed by atoms with Crippen molar-refractivity contribution in [2.75, 3.05) is 6.54 Å². The first kappa shape index (κ1) is 25.2. The van der Waals surface area contributed by atoms with E-state index in [-0.39, 0.29) is 40.6 Å². The summed E-state index contributed by atoms with van der Waals surface area (Å²) in [6.45, 7) is 1.99. The second-order valence-electron chi connectivity index (χ2n) is 9.60. The van der Waals surface area contributed by atoms with Crippen molar-refractivity contribution in [3.8, 4) is 11.3 Å². The highest BCUT2D eigenvalue weighted by Crippen LogP contribution is 2.50. The van der Waals surface area contributed by atoms with Crippen molar-refractivity contribution in [2.24, 2.45) is 5.92 Å². The maximum absolute atomic E-state index is 14.4. The Balaban J connectivity index is 1.25. The highest BCUT2D eigenvalue weighted by Gasteiger charge is 2.54. The zero-order valence-corrected chi connectivity index (χ0v) is 20.7. The summed E-state index contributed by atoms with van der Waals surface area (Å²) < 4.78 is 27.6. The predicted octanol–water partition coefficient (Wildman–Crippen LogP) is 3.55. The van der Waals surface area contributed by atoms with Gasteiger partial charge in [0.15, 0.2) is 11.5 Å². The summed E-state index contributed by atoms with van der Waals surface area (Å²) in [5, 5.41) is 19.6. The summed E-state index contributed by atoms with van der Waals surface area (Å²) in [5.74, 6) is -1.89. The van der Waals surface area contributed by atoms with E-state index in [1.165, 1.54) is 19.1 Å². The SMILES string of the molecule is CC(O)c1cc(-c2cc(C(=O)N3CC[C@@H](C(=O)NCc4ncc(F)cc4Cl)CC34CC4)n[nH]2)c(F)cn1. The maximum Gasteiger partial charge on any atom is 0.274 e. The van der Waals surface area contributed by atoms with E-state index in [9.17, 15) is 23.5 Å². The predicted molar refractivity (Wildman–Crippen MR) is 129 cm³/mol. The number of halogens is 3. The second-order valence-corrected chi connectivity index (χ2v) is 10.0. The van der Waals surface area contributed by atoms with Crippen LogP contribution in [0.2, 0.25) is 5.02 Å². The Morgan fingerprint density at radius 1 is 1.27 bits per heavy atom. The van der Waals surface area contributed by atoms with Crippen LogP contribution < -0.4 is 5.32 Å². The van der Waals surface area contributed by atoms with Gasteiger partial charge in [0.25, 0.3) is 5.91 Å². The number of pyridine rings is 2. The van der Waals surface area contributed by atoms with Gasteiger partial charge in [0, 0.05) is 23.6 Å². The first-order chi connectivity index (χ1) is 17.7. The van der Waals surface area contributed by atoms with Crippen LogP contribution in [0.15, 0.2) is 30.6 Å². The largest absolute Gasteiger partial charge is 0.387 e. The van der Waals surface area contributed by atoms with Crippen LogP contribution in [0.1, 0.15) is 60.6 Å². The molecule has 2 fully saturated rings. The molecule has 0 aromatic carbocycles. The van der Waals surface area contributed by atoms with E-state index in [4.69, 9.17) is 11.6 Å². The van der Waals surface area contributed by atoms with Gasteiger partial charge >= 0.3 is 0 Å². The van der Waals surface area contributed by atoms with Gasteiger partial charge in [-0.15, -0.1) is 0 Å². The molecule has 3 aromatic heterocycles. The molecule has 9 nitrogen and oxygen atoms in total. The van der Waals surface area contributed by atoms with E-state index in [0.29, 0.717) is 36.5 Å². The van der Waals surface area contributed by atoms with Crippen LogP contribution in [0.4, 0.5) is 8.78 Å². The van der Waals surface area contributed by atoms with Gasteiger partial charge in [0.1, 0.15) is 5.82 Å². The maximum atomic E-state index is 14.4. The van der Waals surface area contributed by atoms with E-state index >= 15 is 0 Å². The number of aliphatic hydroxyl groups excluding tert-OH is 1. The lowest BCUT2D eigenvalue weighted by Crippen LogP contribution is -2.50. The molecule has 3 N–H and O–H groups in total. The molecule has 2 amide bonds. The molecule has 0 bridgehead atoms. The summed E-state index contributed by atoms with van der Waals surface area (Å²) in [5.41, 5.74) is 0.876. The molecule has 2 atom stereocenters. The molecular weight excluding hydrogens is 506 g/mol. The molecule has 1 unspecified atom stereocenters. The third-order valence-corrected chi connectivity index (χ3v) is 7.38. The molecule has 37 heavy (non-hydrogen) atoms. The van der Waals surface area contributed by atoms with Gasteiger partial charge in [-0.2, -0.15) is 5.10 Å². The van der Waals surface area contributed by atoms with Crippen LogP contribution in [-0.4, -0.2) is 54.1 Å². The van der Waals surface area contributed by atoms with Gasteiger partial charge in [-0.1, -0.05) is 11.6 Å². The number of hydrogen-bond donors (Lipinski definition) is 3. The molecule has 1 aliphatic carbocycles. The number of piperidine rings is 1. The third-order valence-electron chi connectivity index (χ3n) is 7.05. The molecule has 12 heteroatoms. The molecule has 4 heterocycles. The molecule has 0 radical (unpaired) electrons. The zero-order chi connectivity index (χ0) is 26.3. The lowest BCUT2D eigenvalue weighted by atomic mass is 9.88. The van der Waals surface area contributed by atoms with Crippen molar-refractivity contribution in [1.29, 1.82) is 0 Å². The lowest BCUT2D eigenvalue weighted by Gasteiger charge is -2.39. The average Bonchev–Trinajstić information content (AvgIpc) is 3.44. The quantitative estimate of drug-likeness (QED) is 0.448. The summed E-state index contributed by atoms with van der Waals surface area (Å²) in [6, 6.07) is 4.05. The highest BCUT2D eigenvalue weighted by molar-refractivity contribution is 6.31. The van der Waals surface area contributed by atoms with E-state index in [0.717, 1.165) is 31.3 Å². The monoisotopic (exact) mass is 530 g/mol. The number of H-pyrrole nitrogens is 1. The Bertz CT molecular complexity index is 1360. The summed E-state index contributed by atoms with van der Waals surface area (Å²) >= 11 is 6.00. The van der Waals surface area contributed by atoms with Crippen LogP contribution in [0.25, 0.3) is 11.3 Å². The molecule has 1 spiro atoms. The molecule has 5 rings (SSSR count). The fourth-order valence-corrected chi connectivity index (χ4v) is 5.06. The highest BCUT2D eigenvalue weighted by atomic mass is 35.5. The number of likely N-dealkylation sites (tertiary alicyclic amines) is 1. The Labute approximate surface area is 216 Å². The summed E-state index contributed by atoms with van der Waals surface area (Å²) in [7, 11) is 0. The van der Waals surface area contributed by atoms with Gasteiger partial charge in [-0.3, -0.25) is 24.7 Å².